The van der Waals surface area contributed by atoms with Crippen molar-refractivity contribution in [3.63, 3.8) is 0 Å². The molecule has 3 N–H and O–H groups in total. The van der Waals surface area contributed by atoms with E-state index in [2.05, 4.69) is 10.6 Å². The maximum absolute atomic E-state index is 12.2. The summed E-state index contributed by atoms with van der Waals surface area (Å²) in [5.41, 5.74) is 0. The summed E-state index contributed by atoms with van der Waals surface area (Å²) < 4.78 is 5.25. The SMILES string of the molecule is CCC(NC(=O)N1CCOCC1C(=O)NC(C)C)C(=O)O. The number of amides is 3. The topological polar surface area (TPSA) is 108 Å². The first-order chi connectivity index (χ1) is 9.86. The third-order valence-corrected chi connectivity index (χ3v) is 3.13. The summed E-state index contributed by atoms with van der Waals surface area (Å²) in [4.78, 5) is 36.6. The molecule has 0 aliphatic carbocycles. The Morgan fingerprint density at radius 3 is 2.52 bits per heavy atom. The van der Waals surface area contributed by atoms with E-state index < -0.39 is 24.1 Å². The van der Waals surface area contributed by atoms with E-state index in [-0.39, 0.29) is 31.5 Å². The van der Waals surface area contributed by atoms with Gasteiger partial charge in [0, 0.05) is 12.6 Å². The number of carboxylic acids is 1. The zero-order valence-corrected chi connectivity index (χ0v) is 12.6. The van der Waals surface area contributed by atoms with E-state index in [1.165, 1.54) is 4.90 Å². The van der Waals surface area contributed by atoms with Gasteiger partial charge >= 0.3 is 12.0 Å². The van der Waals surface area contributed by atoms with Gasteiger partial charge in [-0.2, -0.15) is 0 Å². The Morgan fingerprint density at radius 1 is 1.33 bits per heavy atom. The van der Waals surface area contributed by atoms with Gasteiger partial charge in [-0.25, -0.2) is 9.59 Å². The standard InChI is InChI=1S/C13H23N3O5/c1-4-9(12(18)19)15-13(20)16-5-6-21-7-10(16)11(17)14-8(2)3/h8-10H,4-7H2,1-3H3,(H,14,17)(H,15,20)(H,18,19). The Morgan fingerprint density at radius 2 is 2.00 bits per heavy atom. The highest BCUT2D eigenvalue weighted by Crippen LogP contribution is 2.09. The third-order valence-electron chi connectivity index (χ3n) is 3.13. The van der Waals surface area contributed by atoms with E-state index >= 15 is 0 Å². The van der Waals surface area contributed by atoms with Crippen LogP contribution in [0.5, 0.6) is 0 Å². The van der Waals surface area contributed by atoms with Crippen LogP contribution in [0.3, 0.4) is 0 Å². The molecular weight excluding hydrogens is 278 g/mol. The van der Waals surface area contributed by atoms with Crippen molar-refractivity contribution in [1.29, 1.82) is 0 Å². The fourth-order valence-corrected chi connectivity index (χ4v) is 2.02. The largest absolute Gasteiger partial charge is 0.480 e. The fourth-order valence-electron chi connectivity index (χ4n) is 2.02. The number of carbonyl (C=O) groups is 3. The quantitative estimate of drug-likeness (QED) is 0.651. The number of nitrogens with zero attached hydrogens (tertiary/aromatic N) is 1. The third kappa shape index (κ3) is 4.89. The van der Waals surface area contributed by atoms with Crippen LogP contribution in [0.4, 0.5) is 4.79 Å². The minimum Gasteiger partial charge on any atom is -0.480 e. The van der Waals surface area contributed by atoms with Gasteiger partial charge in [-0.3, -0.25) is 4.79 Å². The van der Waals surface area contributed by atoms with Crippen LogP contribution in [-0.4, -0.2) is 65.8 Å². The summed E-state index contributed by atoms with van der Waals surface area (Å²) in [6.45, 7) is 5.99. The molecule has 21 heavy (non-hydrogen) atoms. The predicted octanol–water partition coefficient (Wildman–Crippen LogP) is -0.215. The molecule has 1 fully saturated rings. The summed E-state index contributed by atoms with van der Waals surface area (Å²) in [5.74, 6) is -1.40. The molecule has 0 aromatic heterocycles. The monoisotopic (exact) mass is 301 g/mol. The normalized spacial score (nSPS) is 20.0. The fraction of sp³-hybridized carbons (Fsp3) is 0.769. The van der Waals surface area contributed by atoms with E-state index in [0.717, 1.165) is 0 Å². The molecule has 2 atom stereocenters. The Hall–Kier alpha value is -1.83. The number of urea groups is 1. The van der Waals surface area contributed by atoms with Crippen molar-refractivity contribution < 1.29 is 24.2 Å². The lowest BCUT2D eigenvalue weighted by Gasteiger charge is -2.35. The number of ether oxygens (including phenoxy) is 1. The molecular formula is C13H23N3O5. The molecule has 0 aromatic carbocycles. The lowest BCUT2D eigenvalue weighted by Crippen LogP contribution is -2.60. The molecule has 1 aliphatic heterocycles. The molecule has 1 aliphatic rings. The van der Waals surface area contributed by atoms with Crippen molar-refractivity contribution in [3.8, 4) is 0 Å². The van der Waals surface area contributed by atoms with Crippen molar-refractivity contribution in [2.24, 2.45) is 0 Å². The predicted molar refractivity (Wildman–Crippen MR) is 74.8 cm³/mol. The number of nitrogens with one attached hydrogen (secondary N) is 2. The first-order valence-corrected chi connectivity index (χ1v) is 7.04. The second-order valence-electron chi connectivity index (χ2n) is 5.20. The zero-order chi connectivity index (χ0) is 16.0. The van der Waals surface area contributed by atoms with Gasteiger partial charge in [0.1, 0.15) is 12.1 Å². The lowest BCUT2D eigenvalue weighted by molar-refractivity contribution is -0.139. The summed E-state index contributed by atoms with van der Waals surface area (Å²) in [5, 5.41) is 14.1. The zero-order valence-electron chi connectivity index (χ0n) is 12.6. The highest BCUT2D eigenvalue weighted by molar-refractivity contribution is 5.89. The molecule has 1 heterocycles. The summed E-state index contributed by atoms with van der Waals surface area (Å²) >= 11 is 0. The Balaban J connectivity index is 2.73. The first kappa shape index (κ1) is 17.2. The number of hydrogen-bond acceptors (Lipinski definition) is 4. The van der Waals surface area contributed by atoms with Gasteiger partial charge in [0.15, 0.2) is 0 Å². The van der Waals surface area contributed by atoms with Crippen LogP contribution in [0.25, 0.3) is 0 Å². The van der Waals surface area contributed by atoms with E-state index in [4.69, 9.17) is 9.84 Å². The van der Waals surface area contributed by atoms with Crippen LogP contribution in [0.1, 0.15) is 27.2 Å². The summed E-state index contributed by atoms with van der Waals surface area (Å²) in [6.07, 6.45) is 0.272. The van der Waals surface area contributed by atoms with Gasteiger partial charge in [-0.1, -0.05) is 6.92 Å². The smallest absolute Gasteiger partial charge is 0.326 e. The highest BCUT2D eigenvalue weighted by Gasteiger charge is 2.34. The van der Waals surface area contributed by atoms with Crippen LogP contribution in [-0.2, 0) is 14.3 Å². The van der Waals surface area contributed by atoms with Crippen molar-refractivity contribution in [1.82, 2.24) is 15.5 Å². The first-order valence-electron chi connectivity index (χ1n) is 7.04. The highest BCUT2D eigenvalue weighted by atomic mass is 16.5. The average molecular weight is 301 g/mol. The molecule has 8 heteroatoms. The molecule has 0 aromatic rings. The Bertz CT molecular complexity index is 399. The van der Waals surface area contributed by atoms with Gasteiger partial charge in [0.05, 0.1) is 13.2 Å². The van der Waals surface area contributed by atoms with Crippen molar-refractivity contribution in [2.75, 3.05) is 19.8 Å². The minimum absolute atomic E-state index is 0.0493. The van der Waals surface area contributed by atoms with Crippen LogP contribution in [0.2, 0.25) is 0 Å². The Labute approximate surface area is 123 Å². The molecule has 0 saturated carbocycles. The molecule has 8 nitrogen and oxygen atoms in total. The van der Waals surface area contributed by atoms with Crippen molar-refractivity contribution in [3.05, 3.63) is 0 Å². The van der Waals surface area contributed by atoms with Crippen molar-refractivity contribution in [2.45, 2.75) is 45.3 Å². The molecule has 0 spiro atoms. The van der Waals surface area contributed by atoms with Gasteiger partial charge in [0.25, 0.3) is 0 Å². The number of carbonyl (C=O) groups excluding carboxylic acids is 2. The van der Waals surface area contributed by atoms with E-state index in [1.54, 1.807) is 6.92 Å². The molecule has 0 bridgehead atoms. The molecule has 120 valence electrons. The molecule has 1 rings (SSSR count). The maximum Gasteiger partial charge on any atom is 0.326 e. The molecule has 3 amide bonds. The Kier molecular flexibility index (Phi) is 6.41. The number of morpholine rings is 1. The summed E-state index contributed by atoms with van der Waals surface area (Å²) in [7, 11) is 0. The van der Waals surface area contributed by atoms with Gasteiger partial charge in [0.2, 0.25) is 5.91 Å². The summed E-state index contributed by atoms with van der Waals surface area (Å²) in [6, 6.07) is -2.31. The second-order valence-corrected chi connectivity index (χ2v) is 5.20. The van der Waals surface area contributed by atoms with Crippen LogP contribution in [0, 0.1) is 0 Å². The van der Waals surface area contributed by atoms with Crippen LogP contribution in [0.15, 0.2) is 0 Å². The number of rotatable bonds is 5. The molecule has 1 saturated heterocycles. The number of aliphatic carboxylic acids is 1. The minimum atomic E-state index is -1.10. The van der Waals surface area contributed by atoms with E-state index in [0.29, 0.717) is 6.61 Å². The second kappa shape index (κ2) is 7.82. The lowest BCUT2D eigenvalue weighted by atomic mass is 10.2. The number of carboxylic acid groups (broad SMARTS) is 1. The van der Waals surface area contributed by atoms with Crippen LogP contribution >= 0.6 is 0 Å². The molecule has 2 unspecified atom stereocenters. The maximum atomic E-state index is 12.2. The van der Waals surface area contributed by atoms with E-state index in [1.807, 2.05) is 13.8 Å². The average Bonchev–Trinajstić information content (AvgIpc) is 2.43. The van der Waals surface area contributed by atoms with Gasteiger partial charge < -0.3 is 25.4 Å². The van der Waals surface area contributed by atoms with Crippen LogP contribution < -0.4 is 10.6 Å². The van der Waals surface area contributed by atoms with Crippen molar-refractivity contribution >= 4 is 17.9 Å². The molecule has 0 radical (unpaired) electrons. The van der Waals surface area contributed by atoms with E-state index in [9.17, 15) is 14.4 Å². The van der Waals surface area contributed by atoms with Gasteiger partial charge in [-0.05, 0) is 20.3 Å². The number of hydrogen-bond donors (Lipinski definition) is 3. The van der Waals surface area contributed by atoms with Gasteiger partial charge in [-0.15, -0.1) is 0 Å².